The number of ketones is 1. The Morgan fingerprint density at radius 2 is 1.96 bits per heavy atom. The molecule has 23 heavy (non-hydrogen) atoms. The van der Waals surface area contributed by atoms with E-state index in [1.165, 1.54) is 30.3 Å². The minimum atomic E-state index is -0.533. The molecule has 0 saturated carbocycles. The molecule has 1 aliphatic rings. The number of ether oxygens (including phenoxy) is 2. The summed E-state index contributed by atoms with van der Waals surface area (Å²) in [5.41, 5.74) is 0.883. The van der Waals surface area contributed by atoms with Crippen LogP contribution < -0.4 is 9.47 Å². The molecule has 0 aromatic heterocycles. The number of fused-ring (bicyclic) bond motifs is 1. The van der Waals surface area contributed by atoms with Gasteiger partial charge in [0.25, 0.3) is 5.69 Å². The van der Waals surface area contributed by atoms with E-state index < -0.39 is 4.92 Å². The number of carbonyl (C=O) groups is 1. The maximum atomic E-state index is 12.2. The minimum Gasteiger partial charge on any atom is -0.454 e. The zero-order chi connectivity index (χ0) is 16.4. The van der Waals surface area contributed by atoms with E-state index in [1.54, 1.807) is 18.2 Å². The number of hydrogen-bond acceptors (Lipinski definition) is 5. The zero-order valence-corrected chi connectivity index (χ0v) is 13.3. The molecule has 7 heteroatoms. The lowest BCUT2D eigenvalue weighted by atomic mass is 10.1. The molecule has 2 aromatic carbocycles. The smallest absolute Gasteiger partial charge is 0.270 e. The molecule has 0 bridgehead atoms. The van der Waals surface area contributed by atoms with Crippen molar-refractivity contribution >= 4 is 33.5 Å². The fourth-order valence-electron chi connectivity index (χ4n) is 2.10. The van der Waals surface area contributed by atoms with Crippen molar-refractivity contribution in [3.63, 3.8) is 0 Å². The summed E-state index contributed by atoms with van der Waals surface area (Å²) in [4.78, 5) is 22.4. The standard InChI is InChI=1S/C16H10BrNO5/c17-13-8-16-15(22-9-23-16)7-10(13)4-5-14(19)11-2-1-3-12(6-11)18(20)21/h1-8H,9H2/b5-4+. The molecule has 0 spiro atoms. The van der Waals surface area contributed by atoms with Gasteiger partial charge in [0.2, 0.25) is 6.79 Å². The van der Waals surface area contributed by atoms with Crippen molar-refractivity contribution in [1.29, 1.82) is 0 Å². The molecule has 0 N–H and O–H groups in total. The van der Waals surface area contributed by atoms with Crippen LogP contribution in [0.4, 0.5) is 5.69 Å². The van der Waals surface area contributed by atoms with E-state index in [0.717, 1.165) is 10.0 Å². The second-order valence-electron chi connectivity index (χ2n) is 4.73. The molecule has 2 aromatic rings. The average Bonchev–Trinajstić information content (AvgIpc) is 2.99. The average molecular weight is 376 g/mol. The van der Waals surface area contributed by atoms with Gasteiger partial charge in [-0.25, -0.2) is 0 Å². The number of non-ortho nitro benzene ring substituents is 1. The second kappa shape index (κ2) is 6.21. The molecule has 0 atom stereocenters. The summed E-state index contributed by atoms with van der Waals surface area (Å²) in [7, 11) is 0. The molecule has 0 amide bonds. The zero-order valence-electron chi connectivity index (χ0n) is 11.7. The van der Waals surface area contributed by atoms with Gasteiger partial charge < -0.3 is 9.47 Å². The first-order valence-corrected chi connectivity index (χ1v) is 7.40. The topological polar surface area (TPSA) is 78.7 Å². The molecule has 1 aliphatic heterocycles. The third-order valence-electron chi connectivity index (χ3n) is 3.25. The first-order chi connectivity index (χ1) is 11.0. The van der Waals surface area contributed by atoms with E-state index in [9.17, 15) is 14.9 Å². The van der Waals surface area contributed by atoms with Crippen molar-refractivity contribution in [3.05, 3.63) is 68.2 Å². The number of hydrogen-bond donors (Lipinski definition) is 0. The third-order valence-corrected chi connectivity index (χ3v) is 3.93. The number of allylic oxidation sites excluding steroid dienone is 1. The van der Waals surface area contributed by atoms with Gasteiger partial charge >= 0.3 is 0 Å². The predicted molar refractivity (Wildman–Crippen MR) is 86.7 cm³/mol. The van der Waals surface area contributed by atoms with E-state index in [1.807, 2.05) is 0 Å². The Morgan fingerprint density at radius 1 is 1.22 bits per heavy atom. The van der Waals surface area contributed by atoms with Crippen molar-refractivity contribution in [2.45, 2.75) is 0 Å². The first kappa shape index (κ1) is 15.2. The quantitative estimate of drug-likeness (QED) is 0.349. The third kappa shape index (κ3) is 3.24. The predicted octanol–water partition coefficient (Wildman–Crippen LogP) is 3.98. The van der Waals surface area contributed by atoms with E-state index >= 15 is 0 Å². The number of nitrogens with zero attached hydrogens (tertiary/aromatic N) is 1. The maximum absolute atomic E-state index is 12.2. The van der Waals surface area contributed by atoms with Crippen LogP contribution in [0.25, 0.3) is 6.08 Å². The Labute approximate surface area is 139 Å². The molecule has 0 unspecified atom stereocenters. The lowest BCUT2D eigenvalue weighted by Crippen LogP contribution is -1.96. The number of carbonyl (C=O) groups excluding carboxylic acids is 1. The van der Waals surface area contributed by atoms with Crippen molar-refractivity contribution in [1.82, 2.24) is 0 Å². The van der Waals surface area contributed by atoms with Crippen molar-refractivity contribution < 1.29 is 19.2 Å². The van der Waals surface area contributed by atoms with Crippen LogP contribution >= 0.6 is 15.9 Å². The van der Waals surface area contributed by atoms with Crippen molar-refractivity contribution in [2.75, 3.05) is 6.79 Å². The number of nitro benzene ring substituents is 1. The van der Waals surface area contributed by atoms with Crippen LogP contribution in [0, 0.1) is 10.1 Å². The van der Waals surface area contributed by atoms with Crippen LogP contribution in [0.5, 0.6) is 11.5 Å². The largest absolute Gasteiger partial charge is 0.454 e. The Kier molecular flexibility index (Phi) is 4.12. The summed E-state index contributed by atoms with van der Waals surface area (Å²) in [6.07, 6.45) is 2.98. The summed E-state index contributed by atoms with van der Waals surface area (Å²) in [5.74, 6) is 0.924. The van der Waals surface area contributed by atoms with Gasteiger partial charge in [-0.05, 0) is 29.8 Å². The molecule has 3 rings (SSSR count). The van der Waals surface area contributed by atoms with Gasteiger partial charge in [0.15, 0.2) is 17.3 Å². The molecule has 0 fully saturated rings. The van der Waals surface area contributed by atoms with E-state index in [-0.39, 0.29) is 23.8 Å². The van der Waals surface area contributed by atoms with E-state index in [0.29, 0.717) is 11.5 Å². The number of nitro groups is 1. The fourth-order valence-corrected chi connectivity index (χ4v) is 2.55. The molecule has 0 radical (unpaired) electrons. The van der Waals surface area contributed by atoms with Gasteiger partial charge in [0.1, 0.15) is 0 Å². The summed E-state index contributed by atoms with van der Waals surface area (Å²) in [5, 5.41) is 10.8. The van der Waals surface area contributed by atoms with Gasteiger partial charge in [-0.2, -0.15) is 0 Å². The minimum absolute atomic E-state index is 0.117. The Hall–Kier alpha value is -2.67. The fraction of sp³-hybridized carbons (Fsp3) is 0.0625. The molecule has 0 saturated heterocycles. The van der Waals surface area contributed by atoms with Gasteiger partial charge in [-0.15, -0.1) is 0 Å². The maximum Gasteiger partial charge on any atom is 0.270 e. The van der Waals surface area contributed by atoms with Gasteiger partial charge in [0.05, 0.1) is 4.92 Å². The van der Waals surface area contributed by atoms with E-state index in [2.05, 4.69) is 15.9 Å². The van der Waals surface area contributed by atoms with Crippen LogP contribution in [-0.4, -0.2) is 17.5 Å². The molecular weight excluding hydrogens is 366 g/mol. The lowest BCUT2D eigenvalue weighted by molar-refractivity contribution is -0.384. The highest BCUT2D eigenvalue weighted by Gasteiger charge is 2.15. The van der Waals surface area contributed by atoms with Crippen LogP contribution in [0.1, 0.15) is 15.9 Å². The molecular formula is C16H10BrNO5. The lowest BCUT2D eigenvalue weighted by Gasteiger charge is -2.02. The number of halogens is 1. The monoisotopic (exact) mass is 375 g/mol. The highest BCUT2D eigenvalue weighted by molar-refractivity contribution is 9.10. The Morgan fingerprint density at radius 3 is 2.70 bits per heavy atom. The summed E-state index contributed by atoms with van der Waals surface area (Å²) in [6, 6.07) is 9.13. The highest BCUT2D eigenvalue weighted by atomic mass is 79.9. The highest BCUT2D eigenvalue weighted by Crippen LogP contribution is 2.37. The molecule has 0 aliphatic carbocycles. The summed E-state index contributed by atoms with van der Waals surface area (Å²) >= 11 is 3.40. The Bertz CT molecular complexity index is 831. The Balaban J connectivity index is 1.84. The van der Waals surface area contributed by atoms with E-state index in [4.69, 9.17) is 9.47 Å². The van der Waals surface area contributed by atoms with Gasteiger partial charge in [0, 0.05) is 22.2 Å². The number of rotatable bonds is 4. The first-order valence-electron chi connectivity index (χ1n) is 6.60. The van der Waals surface area contributed by atoms with Crippen LogP contribution in [0.2, 0.25) is 0 Å². The number of benzene rings is 2. The normalized spacial score (nSPS) is 12.6. The molecule has 116 valence electrons. The summed E-state index contributed by atoms with van der Waals surface area (Å²) in [6.45, 7) is 0.168. The van der Waals surface area contributed by atoms with Crippen molar-refractivity contribution in [2.24, 2.45) is 0 Å². The van der Waals surface area contributed by atoms with Crippen LogP contribution in [-0.2, 0) is 0 Å². The van der Waals surface area contributed by atoms with Gasteiger partial charge in [-0.1, -0.05) is 28.1 Å². The molecule has 1 heterocycles. The molecule has 6 nitrogen and oxygen atoms in total. The van der Waals surface area contributed by atoms with Crippen molar-refractivity contribution in [3.8, 4) is 11.5 Å². The van der Waals surface area contributed by atoms with Crippen LogP contribution in [0.3, 0.4) is 0 Å². The SMILES string of the molecule is O=C(/C=C/c1cc2c(cc1Br)OCO2)c1cccc([N+](=O)[O-])c1. The van der Waals surface area contributed by atoms with Crippen LogP contribution in [0.15, 0.2) is 46.9 Å². The second-order valence-corrected chi connectivity index (χ2v) is 5.59. The van der Waals surface area contributed by atoms with Gasteiger partial charge in [-0.3, -0.25) is 14.9 Å². The summed E-state index contributed by atoms with van der Waals surface area (Å²) < 4.78 is 11.3.